The van der Waals surface area contributed by atoms with Crippen LogP contribution >= 0.6 is 0 Å². The summed E-state index contributed by atoms with van der Waals surface area (Å²) in [4.78, 5) is 3.44. The van der Waals surface area contributed by atoms with Crippen molar-refractivity contribution < 1.29 is 17.6 Å². The van der Waals surface area contributed by atoms with Crippen molar-refractivity contribution in [2.45, 2.75) is 25.4 Å². The highest BCUT2D eigenvalue weighted by Gasteiger charge is 2.32. The second-order valence-corrected chi connectivity index (χ2v) is 4.71. The van der Waals surface area contributed by atoms with Crippen molar-refractivity contribution in [2.75, 3.05) is 0 Å². The van der Waals surface area contributed by atoms with Crippen molar-refractivity contribution >= 4 is 0 Å². The Bertz CT molecular complexity index is 558. The Kier molecular flexibility index (Phi) is 4.06. The molecule has 2 rings (SSSR count). The van der Waals surface area contributed by atoms with Crippen molar-refractivity contribution in [2.24, 2.45) is 0 Å². The third-order valence-corrected chi connectivity index (χ3v) is 3.10. The fourth-order valence-electron chi connectivity index (χ4n) is 1.96. The summed E-state index contributed by atoms with van der Waals surface area (Å²) in [5.41, 5.74) is 0.761. The number of benzene rings is 1. The molecule has 0 saturated carbocycles. The van der Waals surface area contributed by atoms with Gasteiger partial charge in [-0.15, -0.1) is 0 Å². The van der Waals surface area contributed by atoms with E-state index >= 15 is 0 Å². The van der Waals surface area contributed by atoms with Crippen LogP contribution in [0.25, 0.3) is 0 Å². The molecular formula is C15H13F4N. The predicted molar refractivity (Wildman–Crippen MR) is 67.8 cm³/mol. The summed E-state index contributed by atoms with van der Waals surface area (Å²) in [5.74, 6) is -0.298. The maximum Gasteiger partial charge on any atom is 0.433 e. The van der Waals surface area contributed by atoms with Crippen molar-refractivity contribution in [3.05, 3.63) is 65.2 Å². The molecule has 0 aliphatic heterocycles. The number of hydrogen-bond donors (Lipinski definition) is 0. The summed E-state index contributed by atoms with van der Waals surface area (Å²) >= 11 is 0. The molecule has 0 spiro atoms. The van der Waals surface area contributed by atoms with Gasteiger partial charge in [0, 0.05) is 6.20 Å². The van der Waals surface area contributed by atoms with E-state index < -0.39 is 11.9 Å². The quantitative estimate of drug-likeness (QED) is 0.751. The van der Waals surface area contributed by atoms with Gasteiger partial charge in [-0.05, 0) is 41.7 Å². The van der Waals surface area contributed by atoms with Gasteiger partial charge < -0.3 is 0 Å². The highest BCUT2D eigenvalue weighted by atomic mass is 19.4. The van der Waals surface area contributed by atoms with E-state index in [1.165, 1.54) is 24.4 Å². The fraction of sp³-hybridized carbons (Fsp3) is 0.267. The van der Waals surface area contributed by atoms with Crippen molar-refractivity contribution in [3.63, 3.8) is 0 Å². The van der Waals surface area contributed by atoms with Gasteiger partial charge in [0.25, 0.3) is 0 Å². The third-order valence-electron chi connectivity index (χ3n) is 3.10. The normalized spacial score (nSPS) is 13.2. The first-order valence-corrected chi connectivity index (χ1v) is 6.14. The molecule has 1 unspecified atom stereocenters. The van der Waals surface area contributed by atoms with Gasteiger partial charge in [0.05, 0.1) is 0 Å². The van der Waals surface area contributed by atoms with Gasteiger partial charge in [-0.3, -0.25) is 4.98 Å². The summed E-state index contributed by atoms with van der Waals surface area (Å²) in [7, 11) is 0. The molecule has 1 atom stereocenters. The maximum atomic E-state index is 12.8. The number of rotatable bonds is 3. The topological polar surface area (TPSA) is 12.9 Å². The molecule has 1 aromatic carbocycles. The number of hydrogen-bond acceptors (Lipinski definition) is 1. The van der Waals surface area contributed by atoms with Crippen LogP contribution in [0, 0.1) is 5.82 Å². The van der Waals surface area contributed by atoms with Gasteiger partial charge >= 0.3 is 6.18 Å². The summed E-state index contributed by atoms with van der Waals surface area (Å²) in [6.45, 7) is 1.90. The zero-order valence-electron chi connectivity index (χ0n) is 10.8. The van der Waals surface area contributed by atoms with E-state index in [0.717, 1.165) is 17.2 Å². The Morgan fingerprint density at radius 1 is 1.05 bits per heavy atom. The van der Waals surface area contributed by atoms with Gasteiger partial charge in [0.1, 0.15) is 11.5 Å². The lowest BCUT2D eigenvalue weighted by atomic mass is 9.95. The zero-order chi connectivity index (χ0) is 14.8. The van der Waals surface area contributed by atoms with Gasteiger partial charge in [-0.25, -0.2) is 4.39 Å². The number of nitrogens with zero attached hydrogens (tertiary/aromatic N) is 1. The molecule has 1 heterocycles. The first-order valence-electron chi connectivity index (χ1n) is 6.14. The van der Waals surface area contributed by atoms with Gasteiger partial charge in [-0.1, -0.05) is 25.1 Å². The minimum Gasteiger partial charge on any atom is -0.251 e. The monoisotopic (exact) mass is 283 g/mol. The molecule has 1 nitrogen and oxygen atoms in total. The first kappa shape index (κ1) is 14.5. The van der Waals surface area contributed by atoms with Crippen molar-refractivity contribution in [1.29, 1.82) is 0 Å². The lowest BCUT2D eigenvalue weighted by molar-refractivity contribution is -0.141. The molecule has 0 aliphatic carbocycles. The molecule has 2 aromatic rings. The molecule has 0 fully saturated rings. The first-order chi connectivity index (χ1) is 9.36. The minimum absolute atomic E-state index is 0.00949. The molecule has 1 aromatic heterocycles. The summed E-state index contributed by atoms with van der Waals surface area (Å²) in [6.07, 6.45) is -2.55. The number of alkyl halides is 3. The largest absolute Gasteiger partial charge is 0.433 e. The highest BCUT2D eigenvalue weighted by molar-refractivity contribution is 5.23. The molecule has 0 amide bonds. The molecule has 0 N–H and O–H groups in total. The van der Waals surface area contributed by atoms with Crippen LogP contribution in [0.4, 0.5) is 17.6 Å². The van der Waals surface area contributed by atoms with E-state index in [1.807, 2.05) is 6.92 Å². The van der Waals surface area contributed by atoms with Crippen LogP contribution in [0.5, 0.6) is 0 Å². The SMILES string of the molecule is CC(Cc1ccc(F)cc1)c1ccc(C(F)(F)F)nc1. The van der Waals surface area contributed by atoms with E-state index in [2.05, 4.69) is 4.98 Å². The Morgan fingerprint density at radius 2 is 1.70 bits per heavy atom. The molecule has 5 heteroatoms. The highest BCUT2D eigenvalue weighted by Crippen LogP contribution is 2.28. The van der Waals surface area contributed by atoms with E-state index in [4.69, 9.17) is 0 Å². The lowest BCUT2D eigenvalue weighted by Gasteiger charge is -2.13. The standard InChI is InChI=1S/C15H13F4N/c1-10(8-11-2-5-13(16)6-3-11)12-4-7-14(20-9-12)15(17,18)19/h2-7,9-10H,8H2,1H3. The van der Waals surface area contributed by atoms with E-state index in [9.17, 15) is 17.6 Å². The average molecular weight is 283 g/mol. The van der Waals surface area contributed by atoms with Gasteiger partial charge in [0.2, 0.25) is 0 Å². The second-order valence-electron chi connectivity index (χ2n) is 4.71. The van der Waals surface area contributed by atoms with E-state index in [-0.39, 0.29) is 11.7 Å². The molecule has 0 radical (unpaired) electrons. The summed E-state index contributed by atoms with van der Waals surface area (Å²) < 4.78 is 50.0. The molecule has 0 bridgehead atoms. The molecular weight excluding hydrogens is 270 g/mol. The van der Waals surface area contributed by atoms with Crippen LogP contribution in [0.3, 0.4) is 0 Å². The third kappa shape index (κ3) is 3.56. The Labute approximate surface area is 114 Å². The Hall–Kier alpha value is -1.91. The lowest BCUT2D eigenvalue weighted by Crippen LogP contribution is -2.08. The molecule has 106 valence electrons. The van der Waals surface area contributed by atoms with E-state index in [1.54, 1.807) is 12.1 Å². The maximum absolute atomic E-state index is 12.8. The summed E-state index contributed by atoms with van der Waals surface area (Å²) in [6, 6.07) is 8.49. The summed E-state index contributed by atoms with van der Waals surface area (Å²) in [5, 5.41) is 0. The smallest absolute Gasteiger partial charge is 0.251 e. The van der Waals surface area contributed by atoms with Crippen LogP contribution in [0.2, 0.25) is 0 Å². The number of aromatic nitrogens is 1. The van der Waals surface area contributed by atoms with Crippen LogP contribution in [-0.2, 0) is 12.6 Å². The van der Waals surface area contributed by atoms with E-state index in [0.29, 0.717) is 6.42 Å². The van der Waals surface area contributed by atoms with Crippen molar-refractivity contribution in [3.8, 4) is 0 Å². The average Bonchev–Trinajstić information content (AvgIpc) is 2.40. The van der Waals surface area contributed by atoms with Crippen LogP contribution < -0.4 is 0 Å². The van der Waals surface area contributed by atoms with Crippen LogP contribution in [0.15, 0.2) is 42.6 Å². The van der Waals surface area contributed by atoms with Gasteiger partial charge in [0.15, 0.2) is 0 Å². The number of pyridine rings is 1. The Balaban J connectivity index is 2.09. The Morgan fingerprint density at radius 3 is 2.20 bits per heavy atom. The fourth-order valence-corrected chi connectivity index (χ4v) is 1.96. The molecule has 0 saturated heterocycles. The van der Waals surface area contributed by atoms with Crippen LogP contribution in [0.1, 0.15) is 29.7 Å². The zero-order valence-corrected chi connectivity index (χ0v) is 10.8. The molecule has 0 aliphatic rings. The molecule has 20 heavy (non-hydrogen) atoms. The second kappa shape index (κ2) is 5.61. The number of halogens is 4. The predicted octanol–water partition coefficient (Wildman–Crippen LogP) is 4.59. The van der Waals surface area contributed by atoms with Crippen LogP contribution in [-0.4, -0.2) is 4.98 Å². The van der Waals surface area contributed by atoms with Crippen molar-refractivity contribution in [1.82, 2.24) is 4.98 Å². The minimum atomic E-state index is -4.42. The van der Waals surface area contributed by atoms with Gasteiger partial charge in [-0.2, -0.15) is 13.2 Å².